The Labute approximate surface area is 228 Å². The molecule has 164 valence electrons. The van der Waals surface area contributed by atoms with Gasteiger partial charge in [-0.05, 0) is 10.8 Å². The first-order chi connectivity index (χ1) is 13.7. The van der Waals surface area contributed by atoms with Crippen LogP contribution < -0.4 is 0 Å². The summed E-state index contributed by atoms with van der Waals surface area (Å²) in [6.07, 6.45) is 0. The molecule has 0 saturated carbocycles. The third kappa shape index (κ3) is 6.12. The molecule has 6 aromatic rings. The van der Waals surface area contributed by atoms with Crippen molar-refractivity contribution in [1.82, 2.24) is 0 Å². The second-order valence-electron chi connectivity index (χ2n) is 7.64. The zero-order chi connectivity index (χ0) is 19.1. The molecule has 3 heteroatoms. The Morgan fingerprint density at radius 2 is 0.879 bits per heavy atom. The Kier molecular flexibility index (Phi) is 12.3. The van der Waals surface area contributed by atoms with Crippen LogP contribution in [0, 0.1) is 28.7 Å². The van der Waals surface area contributed by atoms with E-state index in [0.29, 0.717) is 0 Å². The smallest absolute Gasteiger partial charge is 0.358 e. The van der Waals surface area contributed by atoms with Gasteiger partial charge in [-0.3, -0.25) is 0 Å². The van der Waals surface area contributed by atoms with Gasteiger partial charge in [0.25, 0.3) is 0 Å². The molecule has 6 aromatic carbocycles. The first-order valence-corrected chi connectivity index (χ1v) is 9.79. The molecule has 0 saturated heterocycles. The average molecular weight is 544 g/mol. The number of benzene rings is 4. The van der Waals surface area contributed by atoms with Gasteiger partial charge in [0, 0.05) is 11.0 Å². The van der Waals surface area contributed by atoms with Crippen LogP contribution in [0.25, 0.3) is 43.1 Å². The van der Waals surface area contributed by atoms with Crippen molar-refractivity contribution in [2.24, 2.45) is 0 Å². The van der Waals surface area contributed by atoms with E-state index in [1.807, 2.05) is 0 Å². The van der Waals surface area contributed by atoms with Gasteiger partial charge in [0.1, 0.15) is 0 Å². The number of hydrogen-bond acceptors (Lipinski definition) is 0. The maximum Gasteiger partial charge on any atom is 4.00 e. The third-order valence-corrected chi connectivity index (χ3v) is 5.52. The quantitative estimate of drug-likeness (QED) is 0.132. The molecule has 0 unspecified atom stereocenters. The van der Waals surface area contributed by atoms with Crippen LogP contribution in [0.1, 0.15) is 11.1 Å². The van der Waals surface area contributed by atoms with E-state index in [0.717, 1.165) is 0 Å². The van der Waals surface area contributed by atoms with Gasteiger partial charge in [-0.2, -0.15) is 12.1 Å². The Bertz CT molecular complexity index is 1330. The second kappa shape index (κ2) is 13.0. The van der Waals surface area contributed by atoms with E-state index in [-0.39, 0.29) is 64.4 Å². The Balaban J connectivity index is 0.000000539. The van der Waals surface area contributed by atoms with E-state index in [9.17, 15) is 0 Å². The maximum absolute atomic E-state index is 2.26. The van der Waals surface area contributed by atoms with Crippen LogP contribution in [0.2, 0.25) is 0 Å². The molecule has 0 fully saturated rings. The zero-order valence-corrected chi connectivity index (χ0v) is 23.9. The Morgan fingerprint density at radius 3 is 1.27 bits per heavy atom. The van der Waals surface area contributed by atoms with E-state index in [1.54, 1.807) is 0 Å². The minimum absolute atomic E-state index is 0. The zero-order valence-electron chi connectivity index (χ0n) is 19.6. The van der Waals surface area contributed by atoms with E-state index in [2.05, 4.69) is 111 Å². The van der Waals surface area contributed by atoms with Crippen LogP contribution >= 0.6 is 12.4 Å². The molecule has 0 amide bonds. The Morgan fingerprint density at radius 1 is 0.515 bits per heavy atom. The van der Waals surface area contributed by atoms with Crippen LogP contribution in [0.4, 0.5) is 0 Å². The number of aryl methyl sites for hydroxylation is 2. The largest absolute Gasteiger partial charge is 4.00 e. The minimum Gasteiger partial charge on any atom is -0.358 e. The molecule has 0 aliphatic heterocycles. The third-order valence-electron chi connectivity index (χ3n) is 5.52. The molecule has 0 aliphatic rings. The summed E-state index contributed by atoms with van der Waals surface area (Å²) in [5, 5.41) is 10.8. The summed E-state index contributed by atoms with van der Waals surface area (Å²) in [5.74, 6) is 0. The van der Waals surface area contributed by atoms with Gasteiger partial charge in [0.05, 0.1) is 0 Å². The molecule has 0 N–H and O–H groups in total. The van der Waals surface area contributed by atoms with Crippen LogP contribution in [-0.2, 0) is 26.2 Å². The van der Waals surface area contributed by atoms with Crippen molar-refractivity contribution in [1.29, 1.82) is 0 Å². The van der Waals surface area contributed by atoms with Crippen LogP contribution in [0.15, 0.2) is 97.1 Å². The maximum atomic E-state index is 2.26. The summed E-state index contributed by atoms with van der Waals surface area (Å²) >= 11 is 0. The predicted octanol–water partition coefficient (Wildman–Crippen LogP) is 8.98. The summed E-state index contributed by atoms with van der Waals surface area (Å²) in [6, 6.07) is 34.9. The summed E-state index contributed by atoms with van der Waals surface area (Å²) in [5.41, 5.74) is 2.69. The Hall–Kier alpha value is -1.99. The molecule has 0 aromatic heterocycles. The van der Waals surface area contributed by atoms with Gasteiger partial charge in [0.2, 0.25) is 0 Å². The normalized spacial score (nSPS) is 9.52. The van der Waals surface area contributed by atoms with E-state index < -0.39 is 0 Å². The second-order valence-corrected chi connectivity index (χ2v) is 7.64. The topological polar surface area (TPSA) is 0 Å². The van der Waals surface area contributed by atoms with Gasteiger partial charge in [0.15, 0.2) is 0 Å². The van der Waals surface area contributed by atoms with Crippen molar-refractivity contribution in [3.8, 4) is 0 Å². The van der Waals surface area contributed by atoms with Gasteiger partial charge in [-0.15, -0.1) is 69.3 Å². The van der Waals surface area contributed by atoms with Gasteiger partial charge in [-0.25, -0.2) is 0 Å². The summed E-state index contributed by atoms with van der Waals surface area (Å²) in [6.45, 7) is 4.30. The van der Waals surface area contributed by atoms with E-state index in [4.69, 9.17) is 0 Å². The van der Waals surface area contributed by atoms with Crippen molar-refractivity contribution >= 4 is 66.5 Å². The predicted molar refractivity (Wildman–Crippen MR) is 149 cm³/mol. The molecule has 0 aliphatic carbocycles. The molecular formula is C30H29ClSiZr. The van der Waals surface area contributed by atoms with Crippen LogP contribution in [0.3, 0.4) is 0 Å². The molecule has 0 bridgehead atoms. The SMILES string of the molecule is Cc1cc2c(ccc3ccccc32)[cH-]1.Cc1cc2c(ccc3ccccc32)[cH-]1.Cl.[CH3-].[CH3-].[Si].[Zr+4]. The van der Waals surface area contributed by atoms with E-state index in [1.165, 1.54) is 54.2 Å². The van der Waals surface area contributed by atoms with Gasteiger partial charge >= 0.3 is 26.2 Å². The molecule has 0 heterocycles. The fraction of sp³-hybridized carbons (Fsp3) is 0.0667. The molecule has 4 radical (unpaired) electrons. The number of rotatable bonds is 0. The number of hydrogen-bond donors (Lipinski definition) is 0. The fourth-order valence-corrected chi connectivity index (χ4v) is 4.23. The minimum atomic E-state index is 0. The van der Waals surface area contributed by atoms with Gasteiger partial charge in [-0.1, -0.05) is 85.3 Å². The molecule has 0 atom stereocenters. The fourth-order valence-electron chi connectivity index (χ4n) is 4.23. The molecule has 6 rings (SSSR count). The van der Waals surface area contributed by atoms with Crippen molar-refractivity contribution < 1.29 is 26.2 Å². The standard InChI is InChI=1S/2C14H11.2CH3.ClH.Si.Zr/c2*1-10-8-12-7-6-11-4-2-3-5-13(11)14(12)9-10;;;;;/h2*2-9H,1H3;2*1H3;1H;;/q4*-1;;;+4. The molecular weight excluding hydrogens is 515 g/mol. The average Bonchev–Trinajstić information content (AvgIpc) is 3.30. The van der Waals surface area contributed by atoms with Crippen molar-refractivity contribution in [2.45, 2.75) is 13.8 Å². The van der Waals surface area contributed by atoms with Crippen LogP contribution in [0.5, 0.6) is 0 Å². The molecule has 0 nitrogen and oxygen atoms in total. The number of halogens is 1. The summed E-state index contributed by atoms with van der Waals surface area (Å²) < 4.78 is 0. The van der Waals surface area contributed by atoms with Crippen LogP contribution in [-0.4, -0.2) is 11.0 Å². The summed E-state index contributed by atoms with van der Waals surface area (Å²) in [4.78, 5) is 0. The first-order valence-electron chi connectivity index (χ1n) is 9.79. The first kappa shape index (κ1) is 31.0. The van der Waals surface area contributed by atoms with Crippen molar-refractivity contribution in [3.63, 3.8) is 0 Å². The monoisotopic (exact) mass is 542 g/mol. The molecule has 33 heavy (non-hydrogen) atoms. The van der Waals surface area contributed by atoms with E-state index >= 15 is 0 Å². The molecule has 0 spiro atoms. The van der Waals surface area contributed by atoms with Gasteiger partial charge < -0.3 is 14.9 Å². The number of fused-ring (bicyclic) bond motifs is 6. The summed E-state index contributed by atoms with van der Waals surface area (Å²) in [7, 11) is 0. The van der Waals surface area contributed by atoms with Crippen molar-refractivity contribution in [3.05, 3.63) is 123 Å². The van der Waals surface area contributed by atoms with Crippen molar-refractivity contribution in [2.75, 3.05) is 0 Å².